The zero-order chi connectivity index (χ0) is 12.5. The van der Waals surface area contributed by atoms with E-state index in [-0.39, 0.29) is 5.97 Å². The molecule has 3 heteroatoms. The topological polar surface area (TPSA) is 29.5 Å². The number of rotatable bonds is 6. The van der Waals surface area contributed by atoms with Gasteiger partial charge < -0.3 is 9.64 Å². The van der Waals surface area contributed by atoms with Crippen LogP contribution in [0, 0.1) is 0 Å². The average molecular weight is 235 g/mol. The predicted octanol–water partition coefficient (Wildman–Crippen LogP) is 2.66. The van der Waals surface area contributed by atoms with Gasteiger partial charge in [0.05, 0.1) is 7.11 Å². The molecule has 94 valence electrons. The van der Waals surface area contributed by atoms with Crippen molar-refractivity contribution in [1.82, 2.24) is 4.90 Å². The van der Waals surface area contributed by atoms with Gasteiger partial charge >= 0.3 is 5.97 Å². The Labute approximate surface area is 103 Å². The van der Waals surface area contributed by atoms with E-state index >= 15 is 0 Å². The number of carbonyl (C=O) groups is 1. The Morgan fingerprint density at radius 2 is 2.12 bits per heavy atom. The van der Waals surface area contributed by atoms with Crippen molar-refractivity contribution in [3.8, 4) is 0 Å². The van der Waals surface area contributed by atoms with E-state index in [2.05, 4.69) is 22.3 Å². The molecular formula is C14H21NO2. The molecule has 0 amide bonds. The van der Waals surface area contributed by atoms with E-state index in [0.29, 0.717) is 12.8 Å². The maximum Gasteiger partial charge on any atom is 0.305 e. The third-order valence-corrected chi connectivity index (χ3v) is 2.83. The first-order valence-corrected chi connectivity index (χ1v) is 6.09. The van der Waals surface area contributed by atoms with Gasteiger partial charge in [0, 0.05) is 25.2 Å². The fourth-order valence-electron chi connectivity index (χ4n) is 1.84. The standard InChI is InChI=1S/C14H21NO2/c1-3-13(15-11-7-8-12-15)9-5-4-6-10-14(16)17-2/h3-5,9H,1,6-8,10-12H2,2H3/b5-4-,13-9+. The van der Waals surface area contributed by atoms with E-state index in [0.717, 1.165) is 18.8 Å². The molecule has 17 heavy (non-hydrogen) atoms. The molecule has 1 rings (SSSR count). The second-order valence-corrected chi connectivity index (χ2v) is 4.03. The van der Waals surface area contributed by atoms with Gasteiger partial charge in [0.1, 0.15) is 0 Å². The van der Waals surface area contributed by atoms with Gasteiger partial charge in [-0.15, -0.1) is 0 Å². The zero-order valence-corrected chi connectivity index (χ0v) is 10.5. The molecule has 0 spiro atoms. The van der Waals surface area contributed by atoms with Crippen LogP contribution >= 0.6 is 0 Å². The Hall–Kier alpha value is -1.51. The maximum absolute atomic E-state index is 10.9. The molecule has 1 heterocycles. The molecule has 0 bridgehead atoms. The van der Waals surface area contributed by atoms with Crippen molar-refractivity contribution in [3.63, 3.8) is 0 Å². The summed E-state index contributed by atoms with van der Waals surface area (Å²) in [6.07, 6.45) is 11.6. The highest BCUT2D eigenvalue weighted by Gasteiger charge is 2.11. The number of carbonyl (C=O) groups excluding carboxylic acids is 1. The highest BCUT2D eigenvalue weighted by Crippen LogP contribution is 2.15. The first-order valence-electron chi connectivity index (χ1n) is 6.09. The van der Waals surface area contributed by atoms with Crippen LogP contribution in [0.15, 0.2) is 36.6 Å². The summed E-state index contributed by atoms with van der Waals surface area (Å²) in [6, 6.07) is 0. The minimum Gasteiger partial charge on any atom is -0.469 e. The van der Waals surface area contributed by atoms with Crippen molar-refractivity contribution in [2.24, 2.45) is 0 Å². The van der Waals surface area contributed by atoms with Crippen LogP contribution in [0.1, 0.15) is 25.7 Å². The first kappa shape index (κ1) is 13.6. The quantitative estimate of drug-likeness (QED) is 0.523. The van der Waals surface area contributed by atoms with Gasteiger partial charge in [-0.2, -0.15) is 0 Å². The number of esters is 1. The van der Waals surface area contributed by atoms with Crippen LogP contribution in [0.4, 0.5) is 0 Å². The van der Waals surface area contributed by atoms with Gasteiger partial charge in [-0.25, -0.2) is 0 Å². The molecule has 1 saturated heterocycles. The molecule has 0 unspecified atom stereocenters. The van der Waals surface area contributed by atoms with Gasteiger partial charge in [-0.05, 0) is 31.4 Å². The largest absolute Gasteiger partial charge is 0.469 e. The fraction of sp³-hybridized carbons (Fsp3) is 0.500. The number of nitrogens with zero attached hydrogens (tertiary/aromatic N) is 1. The van der Waals surface area contributed by atoms with Crippen molar-refractivity contribution in [2.45, 2.75) is 25.7 Å². The maximum atomic E-state index is 10.9. The van der Waals surface area contributed by atoms with E-state index < -0.39 is 0 Å². The van der Waals surface area contributed by atoms with E-state index in [4.69, 9.17) is 0 Å². The Kier molecular flexibility index (Phi) is 6.15. The van der Waals surface area contributed by atoms with Crippen LogP contribution in [-0.4, -0.2) is 31.1 Å². The molecule has 0 aromatic rings. The molecule has 1 fully saturated rings. The van der Waals surface area contributed by atoms with Crippen LogP contribution in [0.3, 0.4) is 0 Å². The molecule has 0 saturated carbocycles. The predicted molar refractivity (Wildman–Crippen MR) is 69.5 cm³/mol. The fourth-order valence-corrected chi connectivity index (χ4v) is 1.84. The third kappa shape index (κ3) is 4.89. The highest BCUT2D eigenvalue weighted by atomic mass is 16.5. The lowest BCUT2D eigenvalue weighted by Crippen LogP contribution is -2.16. The molecule has 0 aromatic heterocycles. The summed E-state index contributed by atoms with van der Waals surface area (Å²) in [7, 11) is 1.41. The van der Waals surface area contributed by atoms with Crippen LogP contribution in [0.25, 0.3) is 0 Å². The van der Waals surface area contributed by atoms with Crippen LogP contribution in [0.5, 0.6) is 0 Å². The smallest absolute Gasteiger partial charge is 0.305 e. The van der Waals surface area contributed by atoms with Crippen LogP contribution in [0.2, 0.25) is 0 Å². The number of likely N-dealkylation sites (tertiary alicyclic amines) is 1. The summed E-state index contributed by atoms with van der Waals surface area (Å²) in [4.78, 5) is 13.2. The summed E-state index contributed by atoms with van der Waals surface area (Å²) in [5.41, 5.74) is 1.16. The lowest BCUT2D eigenvalue weighted by atomic mass is 10.2. The number of hydrogen-bond donors (Lipinski definition) is 0. The van der Waals surface area contributed by atoms with Gasteiger partial charge in [0.2, 0.25) is 0 Å². The molecule has 3 nitrogen and oxygen atoms in total. The molecule has 0 radical (unpaired) electrons. The van der Waals surface area contributed by atoms with Gasteiger partial charge in [0.25, 0.3) is 0 Å². The van der Waals surface area contributed by atoms with E-state index in [1.54, 1.807) is 0 Å². The van der Waals surface area contributed by atoms with Crippen molar-refractivity contribution in [2.75, 3.05) is 20.2 Å². The summed E-state index contributed by atoms with van der Waals surface area (Å²) >= 11 is 0. The first-order chi connectivity index (χ1) is 8.27. The average Bonchev–Trinajstić information content (AvgIpc) is 2.87. The van der Waals surface area contributed by atoms with E-state index in [1.807, 2.05) is 18.2 Å². The highest BCUT2D eigenvalue weighted by molar-refractivity contribution is 5.69. The Bertz CT molecular complexity index is 312. The summed E-state index contributed by atoms with van der Waals surface area (Å²) in [6.45, 7) is 6.07. The summed E-state index contributed by atoms with van der Waals surface area (Å²) < 4.78 is 4.57. The Morgan fingerprint density at radius 1 is 1.41 bits per heavy atom. The Balaban J connectivity index is 2.36. The SMILES string of the molecule is C=C/C(=C\C=C/CCC(=O)OC)N1CCCC1. The van der Waals surface area contributed by atoms with Gasteiger partial charge in [0.15, 0.2) is 0 Å². The minimum atomic E-state index is -0.165. The lowest BCUT2D eigenvalue weighted by Gasteiger charge is -2.17. The van der Waals surface area contributed by atoms with E-state index in [9.17, 15) is 4.79 Å². The monoisotopic (exact) mass is 235 g/mol. The van der Waals surface area contributed by atoms with Crippen molar-refractivity contribution in [1.29, 1.82) is 0 Å². The number of methoxy groups -OCH3 is 1. The van der Waals surface area contributed by atoms with Crippen molar-refractivity contribution < 1.29 is 9.53 Å². The molecule has 0 atom stereocenters. The number of allylic oxidation sites excluding steroid dienone is 4. The molecule has 0 aliphatic carbocycles. The van der Waals surface area contributed by atoms with E-state index in [1.165, 1.54) is 20.0 Å². The number of ether oxygens (including phenoxy) is 1. The Morgan fingerprint density at radius 3 is 2.71 bits per heavy atom. The third-order valence-electron chi connectivity index (χ3n) is 2.83. The van der Waals surface area contributed by atoms with Gasteiger partial charge in [-0.3, -0.25) is 4.79 Å². The normalized spacial score (nSPS) is 16.5. The number of hydrogen-bond acceptors (Lipinski definition) is 3. The molecule has 1 aliphatic heterocycles. The summed E-state index contributed by atoms with van der Waals surface area (Å²) in [5, 5.41) is 0. The van der Waals surface area contributed by atoms with Crippen molar-refractivity contribution >= 4 is 5.97 Å². The molecule has 1 aliphatic rings. The van der Waals surface area contributed by atoms with Crippen LogP contribution < -0.4 is 0 Å². The molecular weight excluding hydrogens is 214 g/mol. The minimum absolute atomic E-state index is 0.165. The second-order valence-electron chi connectivity index (χ2n) is 4.03. The molecule has 0 aromatic carbocycles. The van der Waals surface area contributed by atoms with Crippen LogP contribution in [-0.2, 0) is 9.53 Å². The summed E-state index contributed by atoms with van der Waals surface area (Å²) in [5.74, 6) is -0.165. The lowest BCUT2D eigenvalue weighted by molar-refractivity contribution is -0.140. The second kappa shape index (κ2) is 7.71. The zero-order valence-electron chi connectivity index (χ0n) is 10.5. The van der Waals surface area contributed by atoms with Gasteiger partial charge in [-0.1, -0.05) is 18.7 Å². The van der Waals surface area contributed by atoms with Crippen molar-refractivity contribution in [3.05, 3.63) is 36.6 Å². The molecule has 0 N–H and O–H groups in total.